The first-order valence-electron chi connectivity index (χ1n) is 7.25. The van der Waals surface area contributed by atoms with Crippen LogP contribution in [0.1, 0.15) is 29.7 Å². The summed E-state index contributed by atoms with van der Waals surface area (Å²) in [4.78, 5) is 4.37. The molecule has 110 valence electrons. The zero-order chi connectivity index (χ0) is 14.8. The molecule has 1 saturated carbocycles. The molecule has 1 aromatic heterocycles. The third-order valence-corrected chi connectivity index (χ3v) is 4.18. The van der Waals surface area contributed by atoms with E-state index in [0.717, 1.165) is 39.9 Å². The lowest BCUT2D eigenvalue weighted by atomic mass is 10.1. The second-order valence-corrected chi connectivity index (χ2v) is 5.99. The van der Waals surface area contributed by atoms with Gasteiger partial charge < -0.3 is 10.1 Å². The van der Waals surface area contributed by atoms with Gasteiger partial charge in [0.2, 0.25) is 0 Å². The molecule has 2 aromatic rings. The molecule has 0 atom stereocenters. The molecule has 3 rings (SSSR count). The van der Waals surface area contributed by atoms with Crippen molar-refractivity contribution in [3.05, 3.63) is 52.3 Å². The molecule has 1 aliphatic rings. The van der Waals surface area contributed by atoms with E-state index in [-0.39, 0.29) is 0 Å². The van der Waals surface area contributed by atoms with Crippen molar-refractivity contribution in [3.8, 4) is 11.5 Å². The lowest BCUT2D eigenvalue weighted by molar-refractivity contribution is 0.479. The molecule has 0 spiro atoms. The van der Waals surface area contributed by atoms with Crippen molar-refractivity contribution >= 4 is 11.6 Å². The molecule has 3 nitrogen and oxygen atoms in total. The van der Waals surface area contributed by atoms with Crippen LogP contribution in [0.15, 0.2) is 30.5 Å². The first-order chi connectivity index (χ1) is 10.1. The van der Waals surface area contributed by atoms with E-state index in [1.807, 2.05) is 38.1 Å². The summed E-state index contributed by atoms with van der Waals surface area (Å²) in [5.41, 5.74) is 3.05. The largest absolute Gasteiger partial charge is 0.457 e. The summed E-state index contributed by atoms with van der Waals surface area (Å²) in [6.07, 6.45) is 4.34. The zero-order valence-corrected chi connectivity index (χ0v) is 13.1. The summed E-state index contributed by atoms with van der Waals surface area (Å²) < 4.78 is 5.93. The second kappa shape index (κ2) is 6.04. The fourth-order valence-electron chi connectivity index (χ4n) is 2.25. The maximum absolute atomic E-state index is 6.18. The van der Waals surface area contributed by atoms with E-state index < -0.39 is 0 Å². The molecule has 0 saturated heterocycles. The van der Waals surface area contributed by atoms with E-state index in [0.29, 0.717) is 6.04 Å². The second-order valence-electron chi connectivity index (χ2n) is 5.61. The Morgan fingerprint density at radius 1 is 1.19 bits per heavy atom. The van der Waals surface area contributed by atoms with Crippen LogP contribution in [0.25, 0.3) is 0 Å². The highest BCUT2D eigenvalue weighted by Gasteiger charge is 2.20. The van der Waals surface area contributed by atoms with E-state index in [1.54, 1.807) is 6.20 Å². The van der Waals surface area contributed by atoms with E-state index in [9.17, 15) is 0 Å². The van der Waals surface area contributed by atoms with Crippen molar-refractivity contribution < 1.29 is 4.74 Å². The van der Waals surface area contributed by atoms with Gasteiger partial charge in [0, 0.05) is 29.9 Å². The Morgan fingerprint density at radius 3 is 2.57 bits per heavy atom. The Bertz CT molecular complexity index is 630. The van der Waals surface area contributed by atoms with Gasteiger partial charge in [0.1, 0.15) is 11.5 Å². The summed E-state index contributed by atoms with van der Waals surface area (Å²) in [5, 5.41) is 4.25. The van der Waals surface area contributed by atoms with Crippen molar-refractivity contribution in [1.82, 2.24) is 10.3 Å². The number of benzene rings is 1. The Balaban J connectivity index is 1.73. The van der Waals surface area contributed by atoms with Gasteiger partial charge in [-0.05, 0) is 56.0 Å². The molecule has 21 heavy (non-hydrogen) atoms. The van der Waals surface area contributed by atoms with Crippen molar-refractivity contribution in [3.63, 3.8) is 0 Å². The lowest BCUT2D eigenvalue weighted by Gasteiger charge is -2.10. The molecule has 1 aromatic carbocycles. The maximum atomic E-state index is 6.18. The number of aryl methyl sites for hydroxylation is 2. The zero-order valence-electron chi connectivity index (χ0n) is 12.3. The average molecular weight is 303 g/mol. The van der Waals surface area contributed by atoms with Gasteiger partial charge in [0.05, 0.1) is 5.69 Å². The van der Waals surface area contributed by atoms with E-state index in [1.165, 1.54) is 12.8 Å². The van der Waals surface area contributed by atoms with Crippen LogP contribution in [0.2, 0.25) is 5.02 Å². The highest BCUT2D eigenvalue weighted by Crippen LogP contribution is 2.29. The third-order valence-electron chi connectivity index (χ3n) is 3.58. The van der Waals surface area contributed by atoms with Crippen molar-refractivity contribution in [1.29, 1.82) is 0 Å². The van der Waals surface area contributed by atoms with Crippen LogP contribution < -0.4 is 10.1 Å². The number of hydrogen-bond acceptors (Lipinski definition) is 3. The van der Waals surface area contributed by atoms with Crippen molar-refractivity contribution in [2.45, 2.75) is 39.3 Å². The molecular weight excluding hydrogens is 284 g/mol. The van der Waals surface area contributed by atoms with Gasteiger partial charge in [-0.15, -0.1) is 0 Å². The van der Waals surface area contributed by atoms with Gasteiger partial charge in [-0.1, -0.05) is 11.6 Å². The van der Waals surface area contributed by atoms with Crippen molar-refractivity contribution in [2.75, 3.05) is 0 Å². The molecule has 0 radical (unpaired) electrons. The predicted molar refractivity (Wildman–Crippen MR) is 85.1 cm³/mol. The fourth-order valence-corrected chi connectivity index (χ4v) is 2.36. The molecule has 1 heterocycles. The van der Waals surface area contributed by atoms with Crippen LogP contribution in [0.5, 0.6) is 11.5 Å². The molecule has 0 aliphatic heterocycles. The number of aromatic nitrogens is 1. The smallest absolute Gasteiger partial charge is 0.130 e. The average Bonchev–Trinajstić information content (AvgIpc) is 3.27. The van der Waals surface area contributed by atoms with Crippen molar-refractivity contribution in [2.24, 2.45) is 0 Å². The Hall–Kier alpha value is -1.58. The van der Waals surface area contributed by atoms with Gasteiger partial charge in [0.25, 0.3) is 0 Å². The first-order valence-corrected chi connectivity index (χ1v) is 7.62. The van der Waals surface area contributed by atoms with E-state index in [4.69, 9.17) is 16.3 Å². The minimum Gasteiger partial charge on any atom is -0.457 e. The third kappa shape index (κ3) is 3.74. The SMILES string of the molecule is Cc1cc(Oc2ccnc(CNC3CC3)c2)cc(C)c1Cl. The Labute approximate surface area is 130 Å². The van der Waals surface area contributed by atoms with E-state index >= 15 is 0 Å². The first kappa shape index (κ1) is 14.4. The standard InChI is InChI=1S/C17H19ClN2O/c1-11-7-16(8-12(2)17(11)18)21-15-5-6-19-14(9-15)10-20-13-3-4-13/h5-9,13,20H,3-4,10H2,1-2H3. The van der Waals surface area contributed by atoms with Crippen LogP contribution in [0.4, 0.5) is 0 Å². The number of pyridine rings is 1. The molecule has 0 unspecified atom stereocenters. The highest BCUT2D eigenvalue weighted by atomic mass is 35.5. The minimum atomic E-state index is 0.679. The van der Waals surface area contributed by atoms with Crippen LogP contribution in [0, 0.1) is 13.8 Å². The minimum absolute atomic E-state index is 0.679. The normalized spacial score (nSPS) is 14.2. The van der Waals surface area contributed by atoms with Gasteiger partial charge in [-0.2, -0.15) is 0 Å². The van der Waals surface area contributed by atoms with Crippen LogP contribution >= 0.6 is 11.6 Å². The summed E-state index contributed by atoms with van der Waals surface area (Å²) in [6, 6.07) is 8.45. The monoisotopic (exact) mass is 302 g/mol. The molecule has 0 bridgehead atoms. The van der Waals surface area contributed by atoms with Crippen LogP contribution in [-0.4, -0.2) is 11.0 Å². The number of halogens is 1. The van der Waals surface area contributed by atoms with Gasteiger partial charge in [-0.3, -0.25) is 4.98 Å². The molecule has 0 amide bonds. The summed E-state index contributed by atoms with van der Waals surface area (Å²) in [5.74, 6) is 1.61. The maximum Gasteiger partial charge on any atom is 0.130 e. The quantitative estimate of drug-likeness (QED) is 0.889. The predicted octanol–water partition coefficient (Wildman–Crippen LogP) is 4.40. The molecule has 1 aliphatic carbocycles. The number of rotatable bonds is 5. The number of nitrogens with zero attached hydrogens (tertiary/aromatic N) is 1. The Kier molecular flexibility index (Phi) is 4.13. The number of ether oxygens (including phenoxy) is 1. The van der Waals surface area contributed by atoms with Crippen LogP contribution in [-0.2, 0) is 6.54 Å². The van der Waals surface area contributed by atoms with Gasteiger partial charge in [-0.25, -0.2) is 0 Å². The Morgan fingerprint density at radius 2 is 1.90 bits per heavy atom. The molecule has 1 N–H and O–H groups in total. The van der Waals surface area contributed by atoms with Crippen LogP contribution in [0.3, 0.4) is 0 Å². The highest BCUT2D eigenvalue weighted by molar-refractivity contribution is 6.32. The topological polar surface area (TPSA) is 34.1 Å². The summed E-state index contributed by atoms with van der Waals surface area (Å²) in [7, 11) is 0. The lowest BCUT2D eigenvalue weighted by Crippen LogP contribution is -2.16. The van der Waals surface area contributed by atoms with E-state index in [2.05, 4.69) is 10.3 Å². The number of nitrogens with one attached hydrogen (secondary N) is 1. The van der Waals surface area contributed by atoms with Gasteiger partial charge in [0.15, 0.2) is 0 Å². The molecule has 4 heteroatoms. The number of hydrogen-bond donors (Lipinski definition) is 1. The van der Waals surface area contributed by atoms with Gasteiger partial charge >= 0.3 is 0 Å². The summed E-state index contributed by atoms with van der Waals surface area (Å²) in [6.45, 7) is 4.76. The summed E-state index contributed by atoms with van der Waals surface area (Å²) >= 11 is 6.18. The fraction of sp³-hybridized carbons (Fsp3) is 0.353. The molecule has 1 fully saturated rings. The molecular formula is C17H19ClN2O.